The van der Waals surface area contributed by atoms with Gasteiger partial charge in [-0.2, -0.15) is 0 Å². The monoisotopic (exact) mass is 339 g/mol. The number of hydrogen-bond donors (Lipinski definition) is 1. The number of nitrogens with two attached hydrogens (primary N) is 1. The summed E-state index contributed by atoms with van der Waals surface area (Å²) in [4.78, 5) is 12.9. The van der Waals surface area contributed by atoms with Gasteiger partial charge in [0.15, 0.2) is 0 Å². The van der Waals surface area contributed by atoms with E-state index in [1.165, 1.54) is 32.1 Å². The standard InChI is InChI=1S/C22H45NO/c1-9-12-13-14-15-16-18(17-19(24)20(4,5)10-2)21(6,7)22(8,23)11-3/h18H,9-17,23H2,1-8H3. The highest BCUT2D eigenvalue weighted by molar-refractivity contribution is 5.84. The van der Waals surface area contributed by atoms with Crippen LogP contribution in [0.25, 0.3) is 0 Å². The molecule has 2 atom stereocenters. The van der Waals surface area contributed by atoms with E-state index in [0.29, 0.717) is 18.1 Å². The second-order valence-corrected chi connectivity index (χ2v) is 9.26. The van der Waals surface area contributed by atoms with Crippen LogP contribution in [0.2, 0.25) is 0 Å². The maximum Gasteiger partial charge on any atom is 0.138 e. The van der Waals surface area contributed by atoms with E-state index in [0.717, 1.165) is 19.3 Å². The van der Waals surface area contributed by atoms with Crippen molar-refractivity contribution in [3.05, 3.63) is 0 Å². The molecule has 0 aromatic rings. The Hall–Kier alpha value is -0.370. The number of carbonyl (C=O) groups is 1. The van der Waals surface area contributed by atoms with Gasteiger partial charge >= 0.3 is 0 Å². The van der Waals surface area contributed by atoms with Crippen molar-refractivity contribution in [1.82, 2.24) is 0 Å². The van der Waals surface area contributed by atoms with Gasteiger partial charge in [-0.1, -0.05) is 80.6 Å². The molecule has 0 heterocycles. The van der Waals surface area contributed by atoms with E-state index in [9.17, 15) is 4.79 Å². The van der Waals surface area contributed by atoms with Crippen molar-refractivity contribution < 1.29 is 4.79 Å². The van der Waals surface area contributed by atoms with E-state index in [2.05, 4.69) is 55.4 Å². The van der Waals surface area contributed by atoms with Crippen molar-refractivity contribution in [2.75, 3.05) is 0 Å². The molecule has 0 bridgehead atoms. The van der Waals surface area contributed by atoms with E-state index < -0.39 is 0 Å². The zero-order valence-electron chi connectivity index (χ0n) is 17.9. The van der Waals surface area contributed by atoms with Gasteiger partial charge in [-0.3, -0.25) is 4.79 Å². The van der Waals surface area contributed by atoms with Crippen molar-refractivity contribution in [2.45, 2.75) is 119 Å². The molecule has 0 spiro atoms. The number of rotatable bonds is 13. The summed E-state index contributed by atoms with van der Waals surface area (Å²) in [6, 6.07) is 0. The molecule has 0 aromatic heterocycles. The average Bonchev–Trinajstić information content (AvgIpc) is 2.52. The lowest BCUT2D eigenvalue weighted by Gasteiger charge is -2.47. The van der Waals surface area contributed by atoms with Crippen molar-refractivity contribution >= 4 is 5.78 Å². The zero-order valence-corrected chi connectivity index (χ0v) is 17.9. The Morgan fingerprint density at radius 1 is 0.875 bits per heavy atom. The summed E-state index contributed by atoms with van der Waals surface area (Å²) in [6.45, 7) is 17.4. The molecule has 0 radical (unpaired) electrons. The van der Waals surface area contributed by atoms with Gasteiger partial charge in [0.05, 0.1) is 0 Å². The summed E-state index contributed by atoms with van der Waals surface area (Å²) in [5, 5.41) is 0. The van der Waals surface area contributed by atoms with Crippen LogP contribution < -0.4 is 5.73 Å². The van der Waals surface area contributed by atoms with Crippen molar-refractivity contribution in [3.8, 4) is 0 Å². The van der Waals surface area contributed by atoms with Crippen molar-refractivity contribution in [2.24, 2.45) is 22.5 Å². The third-order valence-corrected chi connectivity index (χ3v) is 6.95. The summed E-state index contributed by atoms with van der Waals surface area (Å²) >= 11 is 0. The zero-order chi connectivity index (χ0) is 19.0. The molecule has 0 aromatic carbocycles. The number of hydrogen-bond acceptors (Lipinski definition) is 2. The Bertz CT molecular complexity index is 368. The van der Waals surface area contributed by atoms with E-state index in [1.54, 1.807) is 0 Å². The van der Waals surface area contributed by atoms with Gasteiger partial charge in [-0.25, -0.2) is 0 Å². The molecule has 2 heteroatoms. The van der Waals surface area contributed by atoms with Gasteiger partial charge in [-0.15, -0.1) is 0 Å². The van der Waals surface area contributed by atoms with E-state index in [4.69, 9.17) is 5.73 Å². The molecule has 2 unspecified atom stereocenters. The minimum absolute atomic E-state index is 0.0357. The Kier molecular flexibility index (Phi) is 9.79. The smallest absolute Gasteiger partial charge is 0.138 e. The topological polar surface area (TPSA) is 43.1 Å². The van der Waals surface area contributed by atoms with Crippen molar-refractivity contribution in [3.63, 3.8) is 0 Å². The molecule has 24 heavy (non-hydrogen) atoms. The lowest BCUT2D eigenvalue weighted by atomic mass is 9.61. The highest BCUT2D eigenvalue weighted by atomic mass is 16.1. The SMILES string of the molecule is CCCCCCCC(CC(=O)C(C)(C)CC)C(C)(C)C(C)(N)CC. The van der Waals surface area contributed by atoms with Crippen LogP contribution in [-0.2, 0) is 4.79 Å². The van der Waals surface area contributed by atoms with Gasteiger partial charge < -0.3 is 5.73 Å². The minimum Gasteiger partial charge on any atom is -0.325 e. The Balaban J connectivity index is 5.12. The molecule has 0 fully saturated rings. The van der Waals surface area contributed by atoms with E-state index in [-0.39, 0.29) is 16.4 Å². The predicted octanol–water partition coefficient (Wildman–Crippen LogP) is 6.51. The molecule has 0 amide bonds. The van der Waals surface area contributed by atoms with Crippen LogP contribution in [0.1, 0.15) is 113 Å². The number of unbranched alkanes of at least 4 members (excludes halogenated alkanes) is 4. The first-order valence-corrected chi connectivity index (χ1v) is 10.3. The summed E-state index contributed by atoms with van der Waals surface area (Å²) in [7, 11) is 0. The fourth-order valence-corrected chi connectivity index (χ4v) is 3.33. The van der Waals surface area contributed by atoms with Crippen LogP contribution in [0, 0.1) is 16.7 Å². The van der Waals surface area contributed by atoms with E-state index >= 15 is 0 Å². The first kappa shape index (κ1) is 23.6. The maximum absolute atomic E-state index is 12.9. The lowest BCUT2D eigenvalue weighted by Crippen LogP contribution is -2.54. The second-order valence-electron chi connectivity index (χ2n) is 9.26. The molecule has 144 valence electrons. The largest absolute Gasteiger partial charge is 0.325 e. The van der Waals surface area contributed by atoms with Gasteiger partial charge in [0.2, 0.25) is 0 Å². The minimum atomic E-state index is -0.238. The predicted molar refractivity (Wildman–Crippen MR) is 107 cm³/mol. The molecule has 0 aliphatic rings. The van der Waals surface area contributed by atoms with Gasteiger partial charge in [-0.05, 0) is 37.5 Å². The summed E-state index contributed by atoms with van der Waals surface area (Å²) in [6.07, 6.45) is 10.0. The summed E-state index contributed by atoms with van der Waals surface area (Å²) in [5.41, 5.74) is 6.16. The second kappa shape index (κ2) is 9.94. The number of ketones is 1. The maximum atomic E-state index is 12.9. The van der Waals surface area contributed by atoms with Crippen LogP contribution in [0.3, 0.4) is 0 Å². The van der Waals surface area contributed by atoms with Crippen molar-refractivity contribution in [1.29, 1.82) is 0 Å². The molecule has 0 aliphatic carbocycles. The Morgan fingerprint density at radius 2 is 1.42 bits per heavy atom. The van der Waals surface area contributed by atoms with Crippen LogP contribution in [0.4, 0.5) is 0 Å². The highest BCUT2D eigenvalue weighted by Crippen LogP contribution is 2.44. The molecular formula is C22H45NO. The molecule has 0 aliphatic heterocycles. The van der Waals surface area contributed by atoms with Crippen LogP contribution >= 0.6 is 0 Å². The molecule has 0 rings (SSSR count). The highest BCUT2D eigenvalue weighted by Gasteiger charge is 2.43. The summed E-state index contributed by atoms with van der Waals surface area (Å²) in [5.74, 6) is 0.774. The van der Waals surface area contributed by atoms with Crippen LogP contribution in [-0.4, -0.2) is 11.3 Å². The van der Waals surface area contributed by atoms with Crippen LogP contribution in [0.15, 0.2) is 0 Å². The normalized spacial score (nSPS) is 16.7. The lowest BCUT2D eigenvalue weighted by molar-refractivity contribution is -0.129. The quantitative estimate of drug-likeness (QED) is 0.388. The fraction of sp³-hybridized carbons (Fsp3) is 0.955. The molecule has 0 saturated heterocycles. The van der Waals surface area contributed by atoms with Gasteiger partial charge in [0, 0.05) is 17.4 Å². The molecular weight excluding hydrogens is 294 g/mol. The van der Waals surface area contributed by atoms with Gasteiger partial charge in [0.1, 0.15) is 5.78 Å². The third kappa shape index (κ3) is 6.50. The molecule has 2 nitrogen and oxygen atoms in total. The van der Waals surface area contributed by atoms with E-state index in [1.807, 2.05) is 0 Å². The van der Waals surface area contributed by atoms with Crippen LogP contribution in [0.5, 0.6) is 0 Å². The Morgan fingerprint density at radius 3 is 1.88 bits per heavy atom. The fourth-order valence-electron chi connectivity index (χ4n) is 3.33. The average molecular weight is 340 g/mol. The molecule has 2 N–H and O–H groups in total. The number of Topliss-reactive ketones (excluding diaryl/α,β-unsaturated/α-hetero) is 1. The third-order valence-electron chi connectivity index (χ3n) is 6.95. The first-order chi connectivity index (χ1) is 11.0. The summed E-state index contributed by atoms with van der Waals surface area (Å²) < 4.78 is 0. The molecule has 0 saturated carbocycles. The Labute approximate surface area is 152 Å². The first-order valence-electron chi connectivity index (χ1n) is 10.3. The van der Waals surface area contributed by atoms with Gasteiger partial charge in [0.25, 0.3) is 0 Å². The number of carbonyl (C=O) groups excluding carboxylic acids is 1.